The number of likely N-dealkylation sites (tertiary alicyclic amines) is 1. The van der Waals surface area contributed by atoms with Crippen molar-refractivity contribution in [2.75, 3.05) is 13.1 Å². The molecular formula is C16H19N3O3. The first-order valence-electron chi connectivity index (χ1n) is 7.54. The SMILES string of the molecule is O=C(O)CC1CCN(C(=O)Cc2c[nH]c3ncccc23)CC1. The molecule has 1 aliphatic heterocycles. The topological polar surface area (TPSA) is 86.3 Å². The summed E-state index contributed by atoms with van der Waals surface area (Å²) in [6.45, 7) is 1.30. The van der Waals surface area contributed by atoms with Crippen molar-refractivity contribution in [3.05, 3.63) is 30.1 Å². The molecule has 0 unspecified atom stereocenters. The number of carboxylic acids is 1. The third-order valence-corrected chi connectivity index (χ3v) is 4.31. The van der Waals surface area contributed by atoms with E-state index < -0.39 is 5.97 Å². The van der Waals surface area contributed by atoms with E-state index in [1.54, 1.807) is 6.20 Å². The number of carbonyl (C=O) groups is 2. The van der Waals surface area contributed by atoms with Gasteiger partial charge in [0.25, 0.3) is 0 Å². The van der Waals surface area contributed by atoms with Crippen LogP contribution in [0.25, 0.3) is 11.0 Å². The van der Waals surface area contributed by atoms with E-state index in [0.29, 0.717) is 19.5 Å². The van der Waals surface area contributed by atoms with Gasteiger partial charge in [0.05, 0.1) is 6.42 Å². The smallest absolute Gasteiger partial charge is 0.303 e. The lowest BCUT2D eigenvalue weighted by molar-refractivity contribution is -0.138. The molecule has 0 radical (unpaired) electrons. The molecule has 2 aromatic heterocycles. The minimum atomic E-state index is -0.754. The van der Waals surface area contributed by atoms with Crippen LogP contribution in [0.2, 0.25) is 0 Å². The summed E-state index contributed by atoms with van der Waals surface area (Å²) < 4.78 is 0. The molecule has 3 rings (SSSR count). The number of aromatic amines is 1. The van der Waals surface area contributed by atoms with Gasteiger partial charge in [0.2, 0.25) is 5.91 Å². The summed E-state index contributed by atoms with van der Waals surface area (Å²) >= 11 is 0. The lowest BCUT2D eigenvalue weighted by Crippen LogP contribution is -2.39. The van der Waals surface area contributed by atoms with Gasteiger partial charge in [-0.05, 0) is 36.5 Å². The van der Waals surface area contributed by atoms with Crippen LogP contribution in [0.3, 0.4) is 0 Å². The van der Waals surface area contributed by atoms with Gasteiger partial charge in [-0.15, -0.1) is 0 Å². The van der Waals surface area contributed by atoms with Crippen molar-refractivity contribution in [3.8, 4) is 0 Å². The highest BCUT2D eigenvalue weighted by molar-refractivity contribution is 5.87. The lowest BCUT2D eigenvalue weighted by atomic mass is 9.93. The highest BCUT2D eigenvalue weighted by atomic mass is 16.4. The predicted molar refractivity (Wildman–Crippen MR) is 81.4 cm³/mol. The van der Waals surface area contributed by atoms with Gasteiger partial charge < -0.3 is 15.0 Å². The molecule has 2 N–H and O–H groups in total. The number of rotatable bonds is 4. The molecule has 3 heterocycles. The van der Waals surface area contributed by atoms with Crippen molar-refractivity contribution < 1.29 is 14.7 Å². The number of fused-ring (bicyclic) bond motifs is 1. The molecule has 1 fully saturated rings. The molecular weight excluding hydrogens is 282 g/mol. The second kappa shape index (κ2) is 6.17. The molecule has 1 aliphatic rings. The third kappa shape index (κ3) is 3.10. The fraction of sp³-hybridized carbons (Fsp3) is 0.438. The Morgan fingerprint density at radius 1 is 1.36 bits per heavy atom. The van der Waals surface area contributed by atoms with E-state index in [0.717, 1.165) is 29.4 Å². The van der Waals surface area contributed by atoms with Crippen molar-refractivity contribution in [2.45, 2.75) is 25.7 Å². The molecule has 1 saturated heterocycles. The zero-order valence-corrected chi connectivity index (χ0v) is 12.3. The monoisotopic (exact) mass is 301 g/mol. The quantitative estimate of drug-likeness (QED) is 0.902. The Morgan fingerprint density at radius 2 is 2.14 bits per heavy atom. The Balaban J connectivity index is 1.60. The number of hydrogen-bond donors (Lipinski definition) is 2. The third-order valence-electron chi connectivity index (χ3n) is 4.31. The number of carboxylic acid groups (broad SMARTS) is 1. The molecule has 0 aliphatic carbocycles. The van der Waals surface area contributed by atoms with Crippen LogP contribution in [0.4, 0.5) is 0 Å². The molecule has 0 spiro atoms. The number of nitrogens with one attached hydrogen (secondary N) is 1. The van der Waals surface area contributed by atoms with Crippen molar-refractivity contribution in [1.29, 1.82) is 0 Å². The van der Waals surface area contributed by atoms with Crippen LogP contribution in [-0.4, -0.2) is 44.9 Å². The number of hydrogen-bond acceptors (Lipinski definition) is 3. The number of amides is 1. The van der Waals surface area contributed by atoms with Gasteiger partial charge in [0.1, 0.15) is 5.65 Å². The summed E-state index contributed by atoms with van der Waals surface area (Å²) in [6.07, 6.45) is 5.66. The zero-order valence-electron chi connectivity index (χ0n) is 12.3. The van der Waals surface area contributed by atoms with E-state index in [-0.39, 0.29) is 18.2 Å². The van der Waals surface area contributed by atoms with Crippen LogP contribution < -0.4 is 0 Å². The number of aliphatic carboxylic acids is 1. The first-order valence-corrected chi connectivity index (χ1v) is 7.54. The molecule has 2 aromatic rings. The van der Waals surface area contributed by atoms with Crippen LogP contribution in [0.1, 0.15) is 24.8 Å². The predicted octanol–water partition coefficient (Wildman–Crippen LogP) is 1.82. The Bertz CT molecular complexity index is 687. The molecule has 6 nitrogen and oxygen atoms in total. The van der Waals surface area contributed by atoms with Crippen molar-refractivity contribution in [3.63, 3.8) is 0 Å². The molecule has 0 saturated carbocycles. The Labute approximate surface area is 128 Å². The van der Waals surface area contributed by atoms with E-state index in [9.17, 15) is 9.59 Å². The largest absolute Gasteiger partial charge is 0.481 e. The van der Waals surface area contributed by atoms with Gasteiger partial charge in [-0.25, -0.2) is 4.98 Å². The van der Waals surface area contributed by atoms with Gasteiger partial charge in [-0.3, -0.25) is 9.59 Å². The number of piperidine rings is 1. The molecule has 22 heavy (non-hydrogen) atoms. The molecule has 0 bridgehead atoms. The molecule has 6 heteroatoms. The second-order valence-corrected chi connectivity index (χ2v) is 5.81. The highest BCUT2D eigenvalue weighted by Crippen LogP contribution is 2.22. The fourth-order valence-corrected chi connectivity index (χ4v) is 3.07. The minimum absolute atomic E-state index is 0.0959. The maximum absolute atomic E-state index is 12.4. The van der Waals surface area contributed by atoms with Crippen LogP contribution in [0.15, 0.2) is 24.5 Å². The van der Waals surface area contributed by atoms with E-state index >= 15 is 0 Å². The zero-order chi connectivity index (χ0) is 15.5. The van der Waals surface area contributed by atoms with Crippen molar-refractivity contribution in [1.82, 2.24) is 14.9 Å². The van der Waals surface area contributed by atoms with E-state index in [1.807, 2.05) is 23.2 Å². The average molecular weight is 301 g/mol. The number of nitrogens with zero attached hydrogens (tertiary/aromatic N) is 2. The number of carbonyl (C=O) groups excluding carboxylic acids is 1. The molecule has 116 valence electrons. The first kappa shape index (κ1) is 14.6. The molecule has 0 atom stereocenters. The first-order chi connectivity index (χ1) is 10.6. The van der Waals surface area contributed by atoms with E-state index in [2.05, 4.69) is 9.97 Å². The van der Waals surface area contributed by atoms with Crippen LogP contribution in [-0.2, 0) is 16.0 Å². The van der Waals surface area contributed by atoms with Crippen LogP contribution >= 0.6 is 0 Å². The summed E-state index contributed by atoms with van der Waals surface area (Å²) in [4.78, 5) is 32.3. The standard InChI is InChI=1S/C16H19N3O3/c20-14(19-6-3-11(4-7-19)8-15(21)22)9-12-10-18-16-13(12)2-1-5-17-16/h1-2,5,10-11H,3-4,6-9H2,(H,17,18)(H,21,22). The van der Waals surface area contributed by atoms with Gasteiger partial charge in [0, 0.05) is 37.3 Å². The summed E-state index contributed by atoms with van der Waals surface area (Å²) in [5, 5.41) is 9.81. The highest BCUT2D eigenvalue weighted by Gasteiger charge is 2.24. The maximum atomic E-state index is 12.4. The van der Waals surface area contributed by atoms with Crippen LogP contribution in [0, 0.1) is 5.92 Å². The summed E-state index contributed by atoms with van der Waals surface area (Å²) in [6, 6.07) is 3.82. The molecule has 0 aromatic carbocycles. The number of H-pyrrole nitrogens is 1. The van der Waals surface area contributed by atoms with E-state index in [1.165, 1.54) is 0 Å². The van der Waals surface area contributed by atoms with Gasteiger partial charge in [-0.2, -0.15) is 0 Å². The van der Waals surface area contributed by atoms with Crippen LogP contribution in [0.5, 0.6) is 0 Å². The number of aromatic nitrogens is 2. The summed E-state index contributed by atoms with van der Waals surface area (Å²) in [7, 11) is 0. The maximum Gasteiger partial charge on any atom is 0.303 e. The minimum Gasteiger partial charge on any atom is -0.481 e. The Kier molecular flexibility index (Phi) is 4.09. The lowest BCUT2D eigenvalue weighted by Gasteiger charge is -2.31. The van der Waals surface area contributed by atoms with Gasteiger partial charge >= 0.3 is 5.97 Å². The van der Waals surface area contributed by atoms with Crippen molar-refractivity contribution in [2.24, 2.45) is 5.92 Å². The second-order valence-electron chi connectivity index (χ2n) is 5.81. The number of pyridine rings is 1. The van der Waals surface area contributed by atoms with Crippen molar-refractivity contribution >= 4 is 22.9 Å². The summed E-state index contributed by atoms with van der Waals surface area (Å²) in [5.41, 5.74) is 1.76. The van der Waals surface area contributed by atoms with E-state index in [4.69, 9.17) is 5.11 Å². The van der Waals surface area contributed by atoms with Gasteiger partial charge in [0.15, 0.2) is 0 Å². The Hall–Kier alpha value is -2.37. The summed E-state index contributed by atoms with van der Waals surface area (Å²) in [5.74, 6) is -0.464. The normalized spacial score (nSPS) is 16.1. The Morgan fingerprint density at radius 3 is 2.86 bits per heavy atom. The average Bonchev–Trinajstić information content (AvgIpc) is 2.91. The fourth-order valence-electron chi connectivity index (χ4n) is 3.07. The van der Waals surface area contributed by atoms with Gasteiger partial charge in [-0.1, -0.05) is 0 Å². The molecule has 1 amide bonds.